The molecular formula is C12H16FNO2. The van der Waals surface area contributed by atoms with Gasteiger partial charge in [0.2, 0.25) is 0 Å². The number of halogens is 1. The van der Waals surface area contributed by atoms with Crippen molar-refractivity contribution in [3.8, 4) is 5.75 Å². The Labute approximate surface area is 94.3 Å². The molecule has 0 saturated heterocycles. The van der Waals surface area contributed by atoms with Gasteiger partial charge in [0.05, 0.1) is 6.61 Å². The lowest BCUT2D eigenvalue weighted by Gasteiger charge is -2.10. The molecule has 1 unspecified atom stereocenters. The quantitative estimate of drug-likeness (QED) is 0.772. The summed E-state index contributed by atoms with van der Waals surface area (Å²) in [6.07, 6.45) is 1.58. The van der Waals surface area contributed by atoms with Crippen molar-refractivity contribution in [2.75, 3.05) is 19.8 Å². The summed E-state index contributed by atoms with van der Waals surface area (Å²) in [6.45, 7) is 1.83. The monoisotopic (exact) mass is 225 g/mol. The first-order valence-electron chi connectivity index (χ1n) is 5.52. The summed E-state index contributed by atoms with van der Waals surface area (Å²) in [6, 6.07) is 4.61. The standard InChI is InChI=1S/C12H16FNO2/c13-10-2-3-12-9(6-10)7-11(16-12)8-15-5-1-4-14/h2-3,6,11H,1,4-5,7-8,14H2. The molecule has 1 aliphatic heterocycles. The van der Waals surface area contributed by atoms with Gasteiger partial charge in [-0.3, -0.25) is 0 Å². The van der Waals surface area contributed by atoms with Crippen molar-refractivity contribution in [3.63, 3.8) is 0 Å². The minimum absolute atomic E-state index is 0.00887. The summed E-state index contributed by atoms with van der Waals surface area (Å²) in [4.78, 5) is 0. The predicted octanol–water partition coefficient (Wildman–Crippen LogP) is 1.49. The molecule has 1 aromatic rings. The van der Waals surface area contributed by atoms with Crippen LogP contribution in [0.1, 0.15) is 12.0 Å². The summed E-state index contributed by atoms with van der Waals surface area (Å²) >= 11 is 0. The van der Waals surface area contributed by atoms with E-state index in [4.69, 9.17) is 15.2 Å². The average molecular weight is 225 g/mol. The van der Waals surface area contributed by atoms with Gasteiger partial charge >= 0.3 is 0 Å². The van der Waals surface area contributed by atoms with E-state index in [1.54, 1.807) is 6.07 Å². The molecule has 1 aliphatic rings. The highest BCUT2D eigenvalue weighted by Gasteiger charge is 2.23. The summed E-state index contributed by atoms with van der Waals surface area (Å²) in [5, 5.41) is 0. The van der Waals surface area contributed by atoms with Gasteiger partial charge in [0.25, 0.3) is 0 Å². The molecule has 0 bridgehead atoms. The normalized spacial score (nSPS) is 18.2. The SMILES string of the molecule is NCCCOCC1Cc2cc(F)ccc2O1. The Bertz CT molecular complexity index is 357. The molecule has 4 heteroatoms. The minimum atomic E-state index is -0.216. The van der Waals surface area contributed by atoms with Crippen LogP contribution in [0.3, 0.4) is 0 Å². The molecule has 16 heavy (non-hydrogen) atoms. The van der Waals surface area contributed by atoms with Gasteiger partial charge in [-0.2, -0.15) is 0 Å². The Hall–Kier alpha value is -1.13. The van der Waals surface area contributed by atoms with Crippen molar-refractivity contribution >= 4 is 0 Å². The molecule has 0 aromatic heterocycles. The number of hydrogen-bond donors (Lipinski definition) is 1. The Morgan fingerprint density at radius 2 is 2.38 bits per heavy atom. The molecule has 2 rings (SSSR count). The van der Waals surface area contributed by atoms with Crippen LogP contribution in [0.4, 0.5) is 4.39 Å². The largest absolute Gasteiger partial charge is 0.487 e. The zero-order chi connectivity index (χ0) is 11.4. The van der Waals surface area contributed by atoms with E-state index in [1.807, 2.05) is 0 Å². The van der Waals surface area contributed by atoms with Gasteiger partial charge in [-0.1, -0.05) is 0 Å². The second-order valence-corrected chi connectivity index (χ2v) is 3.91. The van der Waals surface area contributed by atoms with Gasteiger partial charge < -0.3 is 15.2 Å². The Balaban J connectivity index is 1.81. The summed E-state index contributed by atoms with van der Waals surface area (Å²) < 4.78 is 24.0. The minimum Gasteiger partial charge on any atom is -0.487 e. The van der Waals surface area contributed by atoms with E-state index in [2.05, 4.69) is 0 Å². The first kappa shape index (κ1) is 11.4. The van der Waals surface area contributed by atoms with Crippen LogP contribution in [0.5, 0.6) is 5.75 Å². The van der Waals surface area contributed by atoms with Crippen LogP contribution < -0.4 is 10.5 Å². The fraction of sp³-hybridized carbons (Fsp3) is 0.500. The van der Waals surface area contributed by atoms with Crippen molar-refractivity contribution in [1.82, 2.24) is 0 Å². The van der Waals surface area contributed by atoms with E-state index < -0.39 is 0 Å². The molecular weight excluding hydrogens is 209 g/mol. The number of benzene rings is 1. The zero-order valence-corrected chi connectivity index (χ0v) is 9.12. The lowest BCUT2D eigenvalue weighted by Crippen LogP contribution is -2.21. The molecule has 0 fully saturated rings. The lowest BCUT2D eigenvalue weighted by atomic mass is 10.1. The van der Waals surface area contributed by atoms with Crippen molar-refractivity contribution in [2.45, 2.75) is 18.9 Å². The number of fused-ring (bicyclic) bond motifs is 1. The molecule has 0 radical (unpaired) electrons. The number of rotatable bonds is 5. The maximum Gasteiger partial charge on any atom is 0.126 e. The third-order valence-electron chi connectivity index (χ3n) is 2.56. The second kappa shape index (κ2) is 5.27. The molecule has 2 N–H and O–H groups in total. The van der Waals surface area contributed by atoms with Gasteiger partial charge in [0.1, 0.15) is 17.7 Å². The maximum absolute atomic E-state index is 12.9. The van der Waals surface area contributed by atoms with Crippen molar-refractivity contribution < 1.29 is 13.9 Å². The van der Waals surface area contributed by atoms with E-state index in [0.29, 0.717) is 19.8 Å². The van der Waals surface area contributed by atoms with Gasteiger partial charge in [-0.15, -0.1) is 0 Å². The summed E-state index contributed by atoms with van der Waals surface area (Å²) in [5.41, 5.74) is 6.28. The summed E-state index contributed by atoms with van der Waals surface area (Å²) in [5.74, 6) is 0.556. The molecule has 0 amide bonds. The maximum atomic E-state index is 12.9. The third kappa shape index (κ3) is 2.71. The van der Waals surface area contributed by atoms with Crippen molar-refractivity contribution in [1.29, 1.82) is 0 Å². The first-order valence-corrected chi connectivity index (χ1v) is 5.52. The molecule has 3 nitrogen and oxygen atoms in total. The lowest BCUT2D eigenvalue weighted by molar-refractivity contribution is 0.0601. The number of ether oxygens (including phenoxy) is 2. The zero-order valence-electron chi connectivity index (χ0n) is 9.12. The smallest absolute Gasteiger partial charge is 0.126 e. The van der Waals surface area contributed by atoms with Crippen LogP contribution in [-0.4, -0.2) is 25.9 Å². The molecule has 1 heterocycles. The molecule has 0 saturated carbocycles. The van der Waals surface area contributed by atoms with Crippen LogP contribution in [0, 0.1) is 5.82 Å². The van der Waals surface area contributed by atoms with Crippen molar-refractivity contribution in [3.05, 3.63) is 29.6 Å². The van der Waals surface area contributed by atoms with Gasteiger partial charge in [0, 0.05) is 18.6 Å². The molecule has 1 atom stereocenters. The first-order chi connectivity index (χ1) is 7.79. The highest BCUT2D eigenvalue weighted by Crippen LogP contribution is 2.29. The van der Waals surface area contributed by atoms with Crippen LogP contribution in [0.25, 0.3) is 0 Å². The highest BCUT2D eigenvalue weighted by atomic mass is 19.1. The number of hydrogen-bond acceptors (Lipinski definition) is 3. The van der Waals surface area contributed by atoms with Gasteiger partial charge in [-0.25, -0.2) is 4.39 Å². The van der Waals surface area contributed by atoms with Gasteiger partial charge in [-0.05, 0) is 31.2 Å². The topological polar surface area (TPSA) is 44.5 Å². The van der Waals surface area contributed by atoms with E-state index in [-0.39, 0.29) is 11.9 Å². The Morgan fingerprint density at radius 3 is 3.19 bits per heavy atom. The predicted molar refractivity (Wildman–Crippen MR) is 59.0 cm³/mol. The van der Waals surface area contributed by atoms with E-state index >= 15 is 0 Å². The highest BCUT2D eigenvalue weighted by molar-refractivity contribution is 5.37. The molecule has 0 spiro atoms. The van der Waals surface area contributed by atoms with Crippen LogP contribution in [-0.2, 0) is 11.2 Å². The third-order valence-corrected chi connectivity index (χ3v) is 2.56. The fourth-order valence-corrected chi connectivity index (χ4v) is 1.78. The molecule has 88 valence electrons. The van der Waals surface area contributed by atoms with Crippen molar-refractivity contribution in [2.24, 2.45) is 5.73 Å². The second-order valence-electron chi connectivity index (χ2n) is 3.91. The van der Waals surface area contributed by atoms with Gasteiger partial charge in [0.15, 0.2) is 0 Å². The number of nitrogens with two attached hydrogens (primary N) is 1. The Kier molecular flexibility index (Phi) is 3.74. The molecule has 0 aliphatic carbocycles. The van der Waals surface area contributed by atoms with Crippen LogP contribution in [0.2, 0.25) is 0 Å². The Morgan fingerprint density at radius 1 is 1.50 bits per heavy atom. The summed E-state index contributed by atoms with van der Waals surface area (Å²) in [7, 11) is 0. The fourth-order valence-electron chi connectivity index (χ4n) is 1.78. The molecule has 1 aromatic carbocycles. The average Bonchev–Trinajstić information content (AvgIpc) is 2.66. The van der Waals surface area contributed by atoms with E-state index in [1.165, 1.54) is 12.1 Å². The van der Waals surface area contributed by atoms with Crippen LogP contribution >= 0.6 is 0 Å². The van der Waals surface area contributed by atoms with Crippen LogP contribution in [0.15, 0.2) is 18.2 Å². The van der Waals surface area contributed by atoms with E-state index in [9.17, 15) is 4.39 Å². The van der Waals surface area contributed by atoms with E-state index in [0.717, 1.165) is 24.2 Å².